The van der Waals surface area contributed by atoms with Crippen LogP contribution >= 0.6 is 0 Å². The molecular weight excluding hydrogens is 430 g/mol. The molecule has 1 fully saturated rings. The van der Waals surface area contributed by atoms with Crippen LogP contribution in [0, 0.1) is 0 Å². The van der Waals surface area contributed by atoms with Crippen molar-refractivity contribution in [2.24, 2.45) is 0 Å². The molecule has 11 heteroatoms. The number of hydrogen-bond acceptors (Lipinski definition) is 6. The summed E-state index contributed by atoms with van der Waals surface area (Å²) in [7, 11) is -3.70. The Morgan fingerprint density at radius 3 is 2.59 bits per heavy atom. The van der Waals surface area contributed by atoms with E-state index in [-0.39, 0.29) is 42.7 Å². The van der Waals surface area contributed by atoms with Crippen LogP contribution in [0.3, 0.4) is 0 Å². The first-order valence-corrected chi connectivity index (χ1v) is 11.6. The molecule has 3 aromatic heterocycles. The number of H-pyrrole nitrogens is 1. The maximum absolute atomic E-state index is 13.1. The van der Waals surface area contributed by atoms with Gasteiger partial charge >= 0.3 is 0 Å². The van der Waals surface area contributed by atoms with Crippen LogP contribution < -0.4 is 0 Å². The molecule has 1 aromatic carbocycles. The summed E-state index contributed by atoms with van der Waals surface area (Å²) in [6.07, 6.45) is 4.70. The van der Waals surface area contributed by atoms with Gasteiger partial charge in [0.05, 0.1) is 12.7 Å². The number of sulfonamides is 1. The molecule has 0 unspecified atom stereocenters. The van der Waals surface area contributed by atoms with Crippen LogP contribution in [0.2, 0.25) is 0 Å². The second-order valence-electron chi connectivity index (χ2n) is 7.54. The third-order valence-corrected chi connectivity index (χ3v) is 7.44. The van der Waals surface area contributed by atoms with E-state index in [9.17, 15) is 13.2 Å². The number of fused-ring (bicyclic) bond motifs is 1. The summed E-state index contributed by atoms with van der Waals surface area (Å²) in [5.74, 6) is -0.252. The number of nitrogens with zero attached hydrogens (tertiary/aromatic N) is 6. The molecule has 0 radical (unpaired) electrons. The zero-order valence-corrected chi connectivity index (χ0v) is 17.9. The van der Waals surface area contributed by atoms with E-state index in [1.807, 2.05) is 30.3 Å². The summed E-state index contributed by atoms with van der Waals surface area (Å²) in [6, 6.07) is 13.2. The van der Waals surface area contributed by atoms with Crippen molar-refractivity contribution in [3.05, 3.63) is 72.3 Å². The molecule has 0 saturated carbocycles. The standard InChI is InChI=1S/C21H21N7O3S/c29-21(18-15-27(25-24-18)14-16-5-2-1-3-6-16)26-9-11-28(12-10-26)32(30,31)19-13-23-20-17(19)7-4-8-22-20/h1-8,13,15H,9-12,14H2,(H,22,23). The number of carbonyl (C=O) groups is 1. The van der Waals surface area contributed by atoms with Crippen LogP contribution in [-0.2, 0) is 16.6 Å². The number of benzene rings is 1. The van der Waals surface area contributed by atoms with Crippen molar-refractivity contribution in [1.82, 2.24) is 34.2 Å². The second-order valence-corrected chi connectivity index (χ2v) is 9.44. The first kappa shape index (κ1) is 20.3. The number of aromatic amines is 1. The summed E-state index contributed by atoms with van der Waals surface area (Å²) >= 11 is 0. The molecule has 10 nitrogen and oxygen atoms in total. The van der Waals surface area contributed by atoms with Crippen molar-refractivity contribution in [2.75, 3.05) is 26.2 Å². The highest BCUT2D eigenvalue weighted by Gasteiger charge is 2.32. The fourth-order valence-electron chi connectivity index (χ4n) is 3.82. The molecule has 0 aliphatic carbocycles. The van der Waals surface area contributed by atoms with Gasteiger partial charge in [0.1, 0.15) is 10.5 Å². The minimum Gasteiger partial charge on any atom is -0.345 e. The molecule has 4 heterocycles. The average Bonchev–Trinajstić information content (AvgIpc) is 3.47. The maximum Gasteiger partial charge on any atom is 0.276 e. The van der Waals surface area contributed by atoms with Crippen LogP contribution in [-0.4, -0.2) is 74.7 Å². The Bertz CT molecular complexity index is 1360. The van der Waals surface area contributed by atoms with Crippen molar-refractivity contribution >= 4 is 27.0 Å². The van der Waals surface area contributed by atoms with Crippen LogP contribution in [0.25, 0.3) is 11.0 Å². The Kier molecular flexibility index (Phi) is 5.19. The predicted octanol–water partition coefficient (Wildman–Crippen LogP) is 1.35. The summed E-state index contributed by atoms with van der Waals surface area (Å²) in [6.45, 7) is 1.50. The minimum atomic E-state index is -3.70. The number of piperazine rings is 1. The number of amides is 1. The van der Waals surface area contributed by atoms with E-state index >= 15 is 0 Å². The number of aromatic nitrogens is 5. The van der Waals surface area contributed by atoms with Crippen molar-refractivity contribution in [2.45, 2.75) is 11.4 Å². The second kappa shape index (κ2) is 8.17. The van der Waals surface area contributed by atoms with Gasteiger partial charge in [0, 0.05) is 44.0 Å². The van der Waals surface area contributed by atoms with Crippen molar-refractivity contribution < 1.29 is 13.2 Å². The third-order valence-electron chi connectivity index (χ3n) is 5.50. The summed E-state index contributed by atoms with van der Waals surface area (Å²) in [5.41, 5.74) is 1.83. The van der Waals surface area contributed by atoms with Gasteiger partial charge in [-0.25, -0.2) is 18.1 Å². The predicted molar refractivity (Wildman–Crippen MR) is 116 cm³/mol. The van der Waals surface area contributed by atoms with E-state index in [1.165, 1.54) is 10.5 Å². The lowest BCUT2D eigenvalue weighted by molar-refractivity contribution is 0.0692. The Labute approximate surface area is 184 Å². The largest absolute Gasteiger partial charge is 0.345 e. The molecule has 1 aliphatic heterocycles. The monoisotopic (exact) mass is 451 g/mol. The zero-order chi connectivity index (χ0) is 22.1. The molecule has 1 saturated heterocycles. The molecule has 0 bridgehead atoms. The zero-order valence-electron chi connectivity index (χ0n) is 17.1. The van der Waals surface area contributed by atoms with Gasteiger partial charge in [-0.05, 0) is 17.7 Å². The summed E-state index contributed by atoms with van der Waals surface area (Å²) in [4.78, 5) is 21.7. The average molecular weight is 452 g/mol. The number of nitrogens with one attached hydrogen (secondary N) is 1. The Hall–Kier alpha value is -3.57. The molecule has 4 aromatic rings. The van der Waals surface area contributed by atoms with Crippen LogP contribution in [0.4, 0.5) is 0 Å². The van der Waals surface area contributed by atoms with Gasteiger partial charge in [0.25, 0.3) is 5.91 Å². The lowest BCUT2D eigenvalue weighted by Crippen LogP contribution is -2.50. The summed E-state index contributed by atoms with van der Waals surface area (Å²) in [5, 5.41) is 8.61. The third kappa shape index (κ3) is 3.76. The SMILES string of the molecule is O=C(c1cn(Cc2ccccc2)nn1)N1CCN(S(=O)(=O)c2c[nH]c3ncccc23)CC1. The van der Waals surface area contributed by atoms with E-state index in [0.717, 1.165) is 5.56 Å². The molecule has 1 amide bonds. The highest BCUT2D eigenvalue weighted by atomic mass is 32.2. The van der Waals surface area contributed by atoms with E-state index in [0.29, 0.717) is 17.6 Å². The highest BCUT2D eigenvalue weighted by Crippen LogP contribution is 2.25. The van der Waals surface area contributed by atoms with Crippen LogP contribution in [0.1, 0.15) is 16.1 Å². The smallest absolute Gasteiger partial charge is 0.276 e. The fraction of sp³-hybridized carbons (Fsp3) is 0.238. The molecule has 1 aliphatic rings. The normalized spacial score (nSPS) is 15.3. The van der Waals surface area contributed by atoms with Gasteiger partial charge in [0.2, 0.25) is 10.0 Å². The first-order chi connectivity index (χ1) is 15.5. The van der Waals surface area contributed by atoms with Gasteiger partial charge in [-0.2, -0.15) is 4.31 Å². The maximum atomic E-state index is 13.1. The Morgan fingerprint density at radius 1 is 1.03 bits per heavy atom. The molecule has 0 atom stereocenters. The number of hydrogen-bond donors (Lipinski definition) is 1. The molecule has 1 N–H and O–H groups in total. The molecule has 0 spiro atoms. The lowest BCUT2D eigenvalue weighted by atomic mass is 10.2. The van der Waals surface area contributed by atoms with Crippen LogP contribution in [0.15, 0.2) is 66.0 Å². The van der Waals surface area contributed by atoms with Crippen molar-refractivity contribution in [3.63, 3.8) is 0 Å². The van der Waals surface area contributed by atoms with Gasteiger partial charge in [-0.1, -0.05) is 35.5 Å². The Morgan fingerprint density at radius 2 is 1.81 bits per heavy atom. The van der Waals surface area contributed by atoms with Gasteiger partial charge in [-0.15, -0.1) is 5.10 Å². The molecular formula is C21H21N7O3S. The minimum absolute atomic E-state index is 0.198. The molecule has 164 valence electrons. The molecule has 32 heavy (non-hydrogen) atoms. The van der Waals surface area contributed by atoms with E-state index in [2.05, 4.69) is 20.3 Å². The molecule has 5 rings (SSSR count). The van der Waals surface area contributed by atoms with Gasteiger partial charge < -0.3 is 9.88 Å². The van der Waals surface area contributed by atoms with Crippen molar-refractivity contribution in [1.29, 1.82) is 0 Å². The quantitative estimate of drug-likeness (QED) is 0.490. The van der Waals surface area contributed by atoms with Crippen molar-refractivity contribution in [3.8, 4) is 0 Å². The number of rotatable bonds is 5. The number of carbonyl (C=O) groups excluding carboxylic acids is 1. The fourth-order valence-corrected chi connectivity index (χ4v) is 5.39. The van der Waals surface area contributed by atoms with Gasteiger partial charge in [0.15, 0.2) is 5.69 Å². The summed E-state index contributed by atoms with van der Waals surface area (Å²) < 4.78 is 29.3. The van der Waals surface area contributed by atoms with E-state index in [4.69, 9.17) is 0 Å². The van der Waals surface area contributed by atoms with E-state index in [1.54, 1.807) is 34.1 Å². The highest BCUT2D eigenvalue weighted by molar-refractivity contribution is 7.89. The van der Waals surface area contributed by atoms with Crippen LogP contribution in [0.5, 0.6) is 0 Å². The van der Waals surface area contributed by atoms with Gasteiger partial charge in [-0.3, -0.25) is 4.79 Å². The first-order valence-electron chi connectivity index (χ1n) is 10.2. The van der Waals surface area contributed by atoms with E-state index < -0.39 is 10.0 Å². The topological polar surface area (TPSA) is 117 Å². The number of pyridine rings is 1. The lowest BCUT2D eigenvalue weighted by Gasteiger charge is -2.33. The Balaban J connectivity index is 1.25.